The van der Waals surface area contributed by atoms with Gasteiger partial charge >= 0.3 is 6.61 Å². The predicted molar refractivity (Wildman–Crippen MR) is 102 cm³/mol. The highest BCUT2D eigenvalue weighted by molar-refractivity contribution is 7.71. The maximum absolute atomic E-state index is 13.2. The number of benzene rings is 2. The lowest BCUT2D eigenvalue weighted by molar-refractivity contribution is -0.0512. The van der Waals surface area contributed by atoms with Crippen LogP contribution in [0.1, 0.15) is 16.1 Å². The minimum atomic E-state index is -2.97. The van der Waals surface area contributed by atoms with E-state index < -0.39 is 18.3 Å². The van der Waals surface area contributed by atoms with Crippen LogP contribution in [-0.2, 0) is 6.54 Å². The van der Waals surface area contributed by atoms with Crippen LogP contribution in [0.5, 0.6) is 11.5 Å². The van der Waals surface area contributed by atoms with Gasteiger partial charge in [-0.15, -0.1) is 0 Å². The number of nitrogens with one attached hydrogen (secondary N) is 2. The Labute approximate surface area is 168 Å². The lowest BCUT2D eigenvalue weighted by Crippen LogP contribution is -2.25. The largest absolute Gasteiger partial charge is 0.493 e. The third-order valence-electron chi connectivity index (χ3n) is 3.99. The molecule has 1 aromatic heterocycles. The molecule has 0 spiro atoms. The maximum atomic E-state index is 13.2. The summed E-state index contributed by atoms with van der Waals surface area (Å²) in [5.41, 5.74) is 1.36. The predicted octanol–water partition coefficient (Wildman–Crippen LogP) is 4.21. The number of methoxy groups -OCH3 is 1. The summed E-state index contributed by atoms with van der Waals surface area (Å²) in [4.78, 5) is 15.4. The second kappa shape index (κ2) is 8.82. The average Bonchev–Trinajstić information content (AvgIpc) is 3.08. The minimum Gasteiger partial charge on any atom is -0.493 e. The standard InChI is InChI=1S/C19H16F3N3O3S/c1-27-16-8-11(2-7-15(16)28-18(21)22)9-23-17(26)14-10-24-19(29)25(14)13-5-3-12(20)4-6-13/h2-8,10,18H,9H2,1H3,(H,23,26)(H,24,29). The lowest BCUT2D eigenvalue weighted by Gasteiger charge is -2.12. The second-order valence-electron chi connectivity index (χ2n) is 5.84. The van der Waals surface area contributed by atoms with E-state index >= 15 is 0 Å². The quantitative estimate of drug-likeness (QED) is 0.559. The zero-order valence-corrected chi connectivity index (χ0v) is 15.9. The molecule has 3 aromatic rings. The van der Waals surface area contributed by atoms with Crippen molar-refractivity contribution >= 4 is 18.1 Å². The number of alkyl halides is 2. The molecule has 0 aliphatic carbocycles. The highest BCUT2D eigenvalue weighted by atomic mass is 32.1. The first kappa shape index (κ1) is 20.5. The monoisotopic (exact) mass is 423 g/mol. The molecule has 3 rings (SSSR count). The fourth-order valence-corrected chi connectivity index (χ4v) is 2.93. The Morgan fingerprint density at radius 3 is 2.59 bits per heavy atom. The van der Waals surface area contributed by atoms with E-state index in [2.05, 4.69) is 15.0 Å². The number of nitrogens with zero attached hydrogens (tertiary/aromatic N) is 1. The number of H-pyrrole nitrogens is 1. The summed E-state index contributed by atoms with van der Waals surface area (Å²) in [5, 5.41) is 2.72. The summed E-state index contributed by atoms with van der Waals surface area (Å²) >= 11 is 5.21. The molecule has 10 heteroatoms. The van der Waals surface area contributed by atoms with Crippen LogP contribution >= 0.6 is 12.2 Å². The van der Waals surface area contributed by atoms with Crippen LogP contribution in [0.4, 0.5) is 13.2 Å². The van der Waals surface area contributed by atoms with Gasteiger partial charge in [-0.05, 0) is 54.2 Å². The summed E-state index contributed by atoms with van der Waals surface area (Å²) in [5.74, 6) is -0.829. The van der Waals surface area contributed by atoms with Crippen LogP contribution in [0.25, 0.3) is 5.69 Å². The molecule has 0 atom stereocenters. The molecule has 6 nitrogen and oxygen atoms in total. The third kappa shape index (κ3) is 4.77. The number of hydrogen-bond donors (Lipinski definition) is 2. The van der Waals surface area contributed by atoms with Crippen molar-refractivity contribution in [2.45, 2.75) is 13.2 Å². The average molecular weight is 423 g/mol. The number of amides is 1. The van der Waals surface area contributed by atoms with Gasteiger partial charge in [0.15, 0.2) is 16.3 Å². The SMILES string of the molecule is COc1cc(CNC(=O)c2c[nH]c(=S)n2-c2ccc(F)cc2)ccc1OC(F)F. The number of ether oxygens (including phenoxy) is 2. The molecule has 0 aliphatic heterocycles. The van der Waals surface area contributed by atoms with Crippen molar-refractivity contribution < 1.29 is 27.4 Å². The van der Waals surface area contributed by atoms with Crippen molar-refractivity contribution in [3.8, 4) is 17.2 Å². The Bertz CT molecular complexity index is 1060. The fourth-order valence-electron chi connectivity index (χ4n) is 2.67. The fraction of sp³-hybridized carbons (Fsp3) is 0.158. The van der Waals surface area contributed by atoms with E-state index in [9.17, 15) is 18.0 Å². The van der Waals surface area contributed by atoms with E-state index in [0.29, 0.717) is 11.3 Å². The molecule has 0 radical (unpaired) electrons. The topological polar surface area (TPSA) is 68.3 Å². The Morgan fingerprint density at radius 1 is 1.21 bits per heavy atom. The van der Waals surface area contributed by atoms with Gasteiger partial charge in [-0.25, -0.2) is 4.39 Å². The van der Waals surface area contributed by atoms with Gasteiger partial charge in [-0.3, -0.25) is 9.36 Å². The van der Waals surface area contributed by atoms with E-state index in [0.717, 1.165) is 0 Å². The van der Waals surface area contributed by atoms with E-state index in [1.165, 1.54) is 60.3 Å². The van der Waals surface area contributed by atoms with E-state index in [-0.39, 0.29) is 28.5 Å². The van der Waals surface area contributed by atoms with E-state index in [4.69, 9.17) is 17.0 Å². The molecule has 0 saturated carbocycles. The molecule has 1 amide bonds. The number of imidazole rings is 1. The number of carbonyl (C=O) groups excluding carboxylic acids is 1. The number of hydrogen-bond acceptors (Lipinski definition) is 4. The summed E-state index contributed by atoms with van der Waals surface area (Å²) in [6, 6.07) is 9.89. The molecule has 0 fully saturated rings. The third-order valence-corrected chi connectivity index (χ3v) is 4.29. The zero-order valence-electron chi connectivity index (χ0n) is 15.1. The summed E-state index contributed by atoms with van der Waals surface area (Å²) in [6.45, 7) is -2.87. The first-order valence-corrected chi connectivity index (χ1v) is 8.76. The number of rotatable bonds is 7. The molecule has 0 unspecified atom stereocenters. The molecule has 0 aliphatic rings. The molecular weight excluding hydrogens is 407 g/mol. The number of carbonyl (C=O) groups is 1. The number of halogens is 3. The van der Waals surface area contributed by atoms with Gasteiger partial charge < -0.3 is 19.8 Å². The molecule has 0 bridgehead atoms. The van der Waals surface area contributed by atoms with Gasteiger partial charge in [0.25, 0.3) is 5.91 Å². The molecule has 0 saturated heterocycles. The van der Waals surface area contributed by atoms with Crippen LogP contribution < -0.4 is 14.8 Å². The Hall–Kier alpha value is -3.27. The highest BCUT2D eigenvalue weighted by Crippen LogP contribution is 2.29. The van der Waals surface area contributed by atoms with Gasteiger partial charge in [0.05, 0.1) is 7.11 Å². The van der Waals surface area contributed by atoms with Gasteiger partial charge in [0, 0.05) is 18.4 Å². The molecular formula is C19H16F3N3O3S. The smallest absolute Gasteiger partial charge is 0.387 e. The second-order valence-corrected chi connectivity index (χ2v) is 6.22. The van der Waals surface area contributed by atoms with Crippen LogP contribution in [0.3, 0.4) is 0 Å². The first-order valence-electron chi connectivity index (χ1n) is 8.35. The van der Waals surface area contributed by atoms with Gasteiger partial charge in [0.2, 0.25) is 0 Å². The van der Waals surface area contributed by atoms with E-state index in [1.54, 1.807) is 0 Å². The highest BCUT2D eigenvalue weighted by Gasteiger charge is 2.15. The zero-order chi connectivity index (χ0) is 21.0. The Kier molecular flexibility index (Phi) is 6.23. The summed E-state index contributed by atoms with van der Waals surface area (Å²) < 4.78 is 49.2. The van der Waals surface area contributed by atoms with Crippen LogP contribution in [0, 0.1) is 10.6 Å². The summed E-state index contributed by atoms with van der Waals surface area (Å²) in [6.07, 6.45) is 1.45. The minimum absolute atomic E-state index is 0.103. The normalized spacial score (nSPS) is 10.8. The van der Waals surface area contributed by atoms with Gasteiger partial charge in [-0.2, -0.15) is 8.78 Å². The van der Waals surface area contributed by atoms with E-state index in [1.807, 2.05) is 0 Å². The molecule has 1 heterocycles. The molecule has 2 aromatic carbocycles. The maximum Gasteiger partial charge on any atom is 0.387 e. The molecule has 29 heavy (non-hydrogen) atoms. The van der Waals surface area contributed by atoms with Crippen molar-refractivity contribution in [1.29, 1.82) is 0 Å². The van der Waals surface area contributed by atoms with Crippen LogP contribution in [0.15, 0.2) is 48.7 Å². The molecule has 152 valence electrons. The van der Waals surface area contributed by atoms with Crippen molar-refractivity contribution in [3.05, 3.63) is 70.5 Å². The number of aromatic amines is 1. The van der Waals surface area contributed by atoms with Crippen molar-refractivity contribution in [1.82, 2.24) is 14.9 Å². The van der Waals surface area contributed by atoms with Crippen LogP contribution in [0.2, 0.25) is 0 Å². The molecule has 2 N–H and O–H groups in total. The Morgan fingerprint density at radius 2 is 1.93 bits per heavy atom. The van der Waals surface area contributed by atoms with Crippen molar-refractivity contribution in [2.75, 3.05) is 7.11 Å². The van der Waals surface area contributed by atoms with Gasteiger partial charge in [-0.1, -0.05) is 6.07 Å². The van der Waals surface area contributed by atoms with Crippen molar-refractivity contribution in [2.24, 2.45) is 0 Å². The number of aromatic nitrogens is 2. The summed E-state index contributed by atoms with van der Waals surface area (Å²) in [7, 11) is 1.33. The Balaban J connectivity index is 1.77. The van der Waals surface area contributed by atoms with Crippen LogP contribution in [-0.4, -0.2) is 29.2 Å². The lowest BCUT2D eigenvalue weighted by atomic mass is 10.2. The van der Waals surface area contributed by atoms with Gasteiger partial charge in [0.1, 0.15) is 11.5 Å². The van der Waals surface area contributed by atoms with Crippen molar-refractivity contribution in [3.63, 3.8) is 0 Å². The first-order chi connectivity index (χ1) is 13.9.